The van der Waals surface area contributed by atoms with E-state index in [1.807, 2.05) is 12.1 Å². The fourth-order valence-corrected chi connectivity index (χ4v) is 2.35. The van der Waals surface area contributed by atoms with Gasteiger partial charge in [-0.2, -0.15) is 0 Å². The van der Waals surface area contributed by atoms with Crippen molar-refractivity contribution in [2.45, 2.75) is 19.3 Å². The molecule has 19 heavy (non-hydrogen) atoms. The Morgan fingerprint density at radius 2 is 1.68 bits per heavy atom. The van der Waals surface area contributed by atoms with Crippen LogP contribution >= 0.6 is 23.2 Å². The lowest BCUT2D eigenvalue weighted by Crippen LogP contribution is -2.05. The van der Waals surface area contributed by atoms with Crippen molar-refractivity contribution in [3.8, 4) is 0 Å². The van der Waals surface area contributed by atoms with E-state index in [1.165, 1.54) is 0 Å². The molecule has 0 saturated heterocycles. The largest absolute Gasteiger partial charge is 0.299 e. The van der Waals surface area contributed by atoms with Gasteiger partial charge in [-0.3, -0.25) is 9.78 Å². The van der Waals surface area contributed by atoms with Gasteiger partial charge in [0.2, 0.25) is 0 Å². The first-order valence-corrected chi connectivity index (χ1v) is 6.76. The lowest BCUT2D eigenvalue weighted by molar-refractivity contribution is -0.118. The van der Waals surface area contributed by atoms with E-state index in [1.54, 1.807) is 30.6 Å². The van der Waals surface area contributed by atoms with Crippen molar-refractivity contribution in [3.05, 3.63) is 63.9 Å². The third-order valence-corrected chi connectivity index (χ3v) is 3.59. The highest BCUT2D eigenvalue weighted by Crippen LogP contribution is 2.25. The molecule has 98 valence electrons. The van der Waals surface area contributed by atoms with Crippen molar-refractivity contribution < 1.29 is 4.79 Å². The summed E-state index contributed by atoms with van der Waals surface area (Å²) in [7, 11) is 0. The Labute approximate surface area is 122 Å². The minimum atomic E-state index is 0.131. The van der Waals surface area contributed by atoms with E-state index in [2.05, 4.69) is 4.98 Å². The summed E-state index contributed by atoms with van der Waals surface area (Å²) in [4.78, 5) is 15.9. The molecule has 2 rings (SSSR count). The van der Waals surface area contributed by atoms with Gasteiger partial charge in [0.25, 0.3) is 0 Å². The lowest BCUT2D eigenvalue weighted by atomic mass is 10.0. The molecule has 0 N–H and O–H groups in total. The number of ketones is 1. The van der Waals surface area contributed by atoms with Crippen molar-refractivity contribution >= 4 is 29.0 Å². The first-order chi connectivity index (χ1) is 9.16. The summed E-state index contributed by atoms with van der Waals surface area (Å²) in [5, 5.41) is 1.09. The zero-order chi connectivity index (χ0) is 13.7. The predicted octanol–water partition coefficient (Wildman–Crippen LogP) is 4.13. The van der Waals surface area contributed by atoms with Gasteiger partial charge < -0.3 is 0 Å². The van der Waals surface area contributed by atoms with E-state index < -0.39 is 0 Å². The van der Waals surface area contributed by atoms with E-state index in [0.717, 1.165) is 5.56 Å². The molecule has 1 aromatic heterocycles. The molecule has 0 atom stereocenters. The average molecular weight is 294 g/mol. The lowest BCUT2D eigenvalue weighted by Gasteiger charge is -2.06. The monoisotopic (exact) mass is 293 g/mol. The molecule has 0 spiro atoms. The average Bonchev–Trinajstić information content (AvgIpc) is 2.42. The summed E-state index contributed by atoms with van der Waals surface area (Å²) in [6.07, 6.45) is 4.92. The second-order valence-electron chi connectivity index (χ2n) is 4.27. The molecule has 0 radical (unpaired) electrons. The van der Waals surface area contributed by atoms with Crippen LogP contribution in [0.1, 0.15) is 17.5 Å². The van der Waals surface area contributed by atoms with E-state index in [0.29, 0.717) is 28.5 Å². The van der Waals surface area contributed by atoms with Gasteiger partial charge in [0, 0.05) is 35.3 Å². The number of carbonyl (C=O) groups is 1. The number of Topliss-reactive ketones (excluding diaryl/α,β-unsaturated/α-hetero) is 1. The molecule has 0 saturated carbocycles. The van der Waals surface area contributed by atoms with Crippen LogP contribution < -0.4 is 0 Å². The molecule has 0 bridgehead atoms. The van der Waals surface area contributed by atoms with Crippen LogP contribution in [0.15, 0.2) is 42.7 Å². The van der Waals surface area contributed by atoms with Gasteiger partial charge in [0.05, 0.1) is 0 Å². The summed E-state index contributed by atoms with van der Waals surface area (Å²) in [6, 6.07) is 9.10. The number of halogens is 2. The molecular formula is C15H13Cl2NO. The van der Waals surface area contributed by atoms with Crippen LogP contribution in [-0.2, 0) is 17.6 Å². The molecule has 4 heteroatoms. The van der Waals surface area contributed by atoms with Crippen LogP contribution in [0.2, 0.25) is 10.0 Å². The van der Waals surface area contributed by atoms with Crippen molar-refractivity contribution in [2.75, 3.05) is 0 Å². The maximum Gasteiger partial charge on any atom is 0.137 e. The Hall–Kier alpha value is -1.38. The molecule has 2 aromatic rings. The first kappa shape index (κ1) is 14.0. The van der Waals surface area contributed by atoms with Crippen molar-refractivity contribution in [3.63, 3.8) is 0 Å². The molecule has 0 amide bonds. The zero-order valence-electron chi connectivity index (χ0n) is 10.3. The van der Waals surface area contributed by atoms with Gasteiger partial charge in [-0.25, -0.2) is 0 Å². The maximum atomic E-state index is 12.0. The zero-order valence-corrected chi connectivity index (χ0v) is 11.8. The Bertz CT molecular complexity index is 549. The Morgan fingerprint density at radius 1 is 1.05 bits per heavy atom. The fourth-order valence-electron chi connectivity index (χ4n) is 1.82. The number of hydrogen-bond acceptors (Lipinski definition) is 2. The predicted molar refractivity (Wildman–Crippen MR) is 77.7 cm³/mol. The fraction of sp³-hybridized carbons (Fsp3) is 0.200. The van der Waals surface area contributed by atoms with Crippen LogP contribution in [-0.4, -0.2) is 10.8 Å². The van der Waals surface area contributed by atoms with Crippen LogP contribution in [0.5, 0.6) is 0 Å². The highest BCUT2D eigenvalue weighted by molar-refractivity contribution is 6.36. The van der Waals surface area contributed by atoms with Crippen LogP contribution in [0, 0.1) is 0 Å². The summed E-state index contributed by atoms with van der Waals surface area (Å²) >= 11 is 12.1. The van der Waals surface area contributed by atoms with Crippen LogP contribution in [0.4, 0.5) is 0 Å². The Kier molecular flexibility index (Phi) is 4.94. The van der Waals surface area contributed by atoms with Gasteiger partial charge in [-0.15, -0.1) is 0 Å². The standard InChI is InChI=1S/C15H13Cl2NO/c16-14-2-1-3-15(17)13(14)10-12(19)5-4-11-6-8-18-9-7-11/h1-3,6-9H,4-5,10H2. The van der Waals surface area contributed by atoms with E-state index in [9.17, 15) is 4.79 Å². The Morgan fingerprint density at radius 3 is 2.32 bits per heavy atom. The summed E-state index contributed by atoms with van der Waals surface area (Å²) in [5.41, 5.74) is 1.82. The van der Waals surface area contributed by atoms with Crippen LogP contribution in [0.25, 0.3) is 0 Å². The third-order valence-electron chi connectivity index (χ3n) is 2.88. The van der Waals surface area contributed by atoms with Gasteiger partial charge in [0.15, 0.2) is 0 Å². The minimum absolute atomic E-state index is 0.131. The molecule has 0 aliphatic carbocycles. The van der Waals surface area contributed by atoms with Gasteiger partial charge in [-0.05, 0) is 41.8 Å². The second-order valence-corrected chi connectivity index (χ2v) is 5.09. The van der Waals surface area contributed by atoms with E-state index in [4.69, 9.17) is 23.2 Å². The molecule has 0 aliphatic heterocycles. The molecule has 2 nitrogen and oxygen atoms in total. The number of hydrogen-bond donors (Lipinski definition) is 0. The number of rotatable bonds is 5. The topological polar surface area (TPSA) is 30.0 Å². The van der Waals surface area contributed by atoms with Crippen molar-refractivity contribution in [1.82, 2.24) is 4.98 Å². The number of benzene rings is 1. The van der Waals surface area contributed by atoms with E-state index >= 15 is 0 Å². The van der Waals surface area contributed by atoms with E-state index in [-0.39, 0.29) is 12.2 Å². The number of nitrogens with zero attached hydrogens (tertiary/aromatic N) is 1. The minimum Gasteiger partial charge on any atom is -0.299 e. The number of aryl methyl sites for hydroxylation is 1. The number of carbonyl (C=O) groups excluding carboxylic acids is 1. The number of aromatic nitrogens is 1. The number of pyridine rings is 1. The van der Waals surface area contributed by atoms with Gasteiger partial charge in [0.1, 0.15) is 5.78 Å². The molecule has 0 aliphatic rings. The smallest absolute Gasteiger partial charge is 0.137 e. The Balaban J connectivity index is 1.95. The molecule has 0 fully saturated rings. The normalized spacial score (nSPS) is 10.4. The third kappa shape index (κ3) is 4.05. The summed E-state index contributed by atoms with van der Waals surface area (Å²) < 4.78 is 0. The summed E-state index contributed by atoms with van der Waals surface area (Å²) in [6.45, 7) is 0. The SMILES string of the molecule is O=C(CCc1ccncc1)Cc1c(Cl)cccc1Cl. The molecular weight excluding hydrogens is 281 g/mol. The molecule has 1 aromatic carbocycles. The quantitative estimate of drug-likeness (QED) is 0.829. The van der Waals surface area contributed by atoms with Crippen LogP contribution in [0.3, 0.4) is 0 Å². The highest BCUT2D eigenvalue weighted by atomic mass is 35.5. The van der Waals surface area contributed by atoms with Crippen molar-refractivity contribution in [1.29, 1.82) is 0 Å². The van der Waals surface area contributed by atoms with Gasteiger partial charge >= 0.3 is 0 Å². The molecule has 1 heterocycles. The first-order valence-electron chi connectivity index (χ1n) is 6.00. The van der Waals surface area contributed by atoms with Gasteiger partial charge in [-0.1, -0.05) is 29.3 Å². The highest BCUT2D eigenvalue weighted by Gasteiger charge is 2.10. The summed E-state index contributed by atoms with van der Waals surface area (Å²) in [5.74, 6) is 0.131. The second kappa shape index (κ2) is 6.69. The molecule has 0 unspecified atom stereocenters. The maximum absolute atomic E-state index is 12.0. The van der Waals surface area contributed by atoms with Crippen molar-refractivity contribution in [2.24, 2.45) is 0 Å².